The Kier molecular flexibility index (Phi) is 5.70. The third-order valence-corrected chi connectivity index (χ3v) is 4.00. The summed E-state index contributed by atoms with van der Waals surface area (Å²) < 4.78 is 1.91. The van der Waals surface area contributed by atoms with E-state index in [1.165, 1.54) is 5.56 Å². The fourth-order valence-corrected chi connectivity index (χ4v) is 2.70. The van der Waals surface area contributed by atoms with Crippen LogP contribution in [0.5, 0.6) is 0 Å². The molecule has 22 heavy (non-hydrogen) atoms. The first kappa shape index (κ1) is 16.2. The van der Waals surface area contributed by atoms with E-state index in [1.54, 1.807) is 0 Å². The molecule has 1 N–H and O–H groups in total. The summed E-state index contributed by atoms with van der Waals surface area (Å²) in [6, 6.07) is 12.1. The van der Waals surface area contributed by atoms with Crippen LogP contribution in [-0.2, 0) is 11.3 Å². The maximum absolute atomic E-state index is 12.1. The van der Waals surface area contributed by atoms with E-state index in [1.807, 2.05) is 48.1 Å². The molecule has 0 bridgehead atoms. The zero-order valence-electron chi connectivity index (χ0n) is 13.7. The number of carbonyl (C=O) groups is 1. The van der Waals surface area contributed by atoms with Crippen LogP contribution in [0, 0.1) is 6.92 Å². The van der Waals surface area contributed by atoms with Crippen molar-refractivity contribution in [3.8, 4) is 0 Å². The molecule has 0 spiro atoms. The number of benzene rings is 1. The molecule has 0 aliphatic carbocycles. The minimum atomic E-state index is -0.00844. The Morgan fingerprint density at radius 3 is 2.41 bits per heavy atom. The number of nitrogens with one attached hydrogen (secondary N) is 1. The zero-order valence-corrected chi connectivity index (χ0v) is 13.7. The van der Waals surface area contributed by atoms with Crippen LogP contribution in [0.25, 0.3) is 0 Å². The highest BCUT2D eigenvalue weighted by molar-refractivity contribution is 5.89. The summed E-state index contributed by atoms with van der Waals surface area (Å²) in [5.41, 5.74) is 3.33. The number of carbonyl (C=O) groups excluding carboxylic acids is 1. The SMILES string of the molecule is CCC(CC)c1cc[n+](CC(=O)Nc2cccc(C)c2)cc1. The fraction of sp³-hybridized carbons (Fsp3) is 0.368. The molecule has 3 heteroatoms. The molecular formula is C19H25N2O+. The number of aryl methyl sites for hydroxylation is 1. The molecule has 1 heterocycles. The average Bonchev–Trinajstić information content (AvgIpc) is 2.50. The van der Waals surface area contributed by atoms with Gasteiger partial charge in [0.2, 0.25) is 6.54 Å². The predicted octanol–water partition coefficient (Wildman–Crippen LogP) is 3.82. The molecule has 0 unspecified atom stereocenters. The third kappa shape index (κ3) is 4.42. The summed E-state index contributed by atoms with van der Waals surface area (Å²) >= 11 is 0. The molecule has 1 aromatic heterocycles. The lowest BCUT2D eigenvalue weighted by molar-refractivity contribution is -0.684. The topological polar surface area (TPSA) is 33.0 Å². The van der Waals surface area contributed by atoms with Crippen LogP contribution in [0.4, 0.5) is 5.69 Å². The molecule has 1 aromatic carbocycles. The first-order chi connectivity index (χ1) is 10.6. The molecule has 1 amide bonds. The molecular weight excluding hydrogens is 272 g/mol. The first-order valence-corrected chi connectivity index (χ1v) is 7.98. The van der Waals surface area contributed by atoms with Gasteiger partial charge in [-0.2, -0.15) is 4.57 Å². The molecule has 0 aliphatic heterocycles. The van der Waals surface area contributed by atoms with Gasteiger partial charge in [0, 0.05) is 17.8 Å². The maximum Gasteiger partial charge on any atom is 0.290 e. The summed E-state index contributed by atoms with van der Waals surface area (Å²) in [6.07, 6.45) is 6.27. The van der Waals surface area contributed by atoms with Gasteiger partial charge in [0.15, 0.2) is 12.4 Å². The van der Waals surface area contributed by atoms with Gasteiger partial charge in [-0.25, -0.2) is 0 Å². The summed E-state index contributed by atoms with van der Waals surface area (Å²) in [5, 5.41) is 2.93. The van der Waals surface area contributed by atoms with Crippen molar-refractivity contribution in [2.24, 2.45) is 0 Å². The average molecular weight is 297 g/mol. The van der Waals surface area contributed by atoms with Crippen molar-refractivity contribution in [3.63, 3.8) is 0 Å². The molecule has 2 rings (SSSR count). The number of nitrogens with zero attached hydrogens (tertiary/aromatic N) is 1. The van der Waals surface area contributed by atoms with Crippen LogP contribution in [0.15, 0.2) is 48.8 Å². The van der Waals surface area contributed by atoms with Crippen molar-refractivity contribution in [3.05, 3.63) is 59.9 Å². The van der Waals surface area contributed by atoms with Gasteiger partial charge < -0.3 is 5.32 Å². The van der Waals surface area contributed by atoms with Crippen molar-refractivity contribution >= 4 is 11.6 Å². The molecule has 0 saturated heterocycles. The lowest BCUT2D eigenvalue weighted by atomic mass is 9.95. The normalized spacial score (nSPS) is 10.7. The summed E-state index contributed by atoms with van der Waals surface area (Å²) in [5.74, 6) is 0.599. The minimum Gasteiger partial charge on any atom is -0.321 e. The molecule has 0 aliphatic rings. The predicted molar refractivity (Wildman–Crippen MR) is 89.8 cm³/mol. The third-order valence-electron chi connectivity index (χ3n) is 4.00. The van der Waals surface area contributed by atoms with Gasteiger partial charge in [-0.05, 0) is 48.9 Å². The summed E-state index contributed by atoms with van der Waals surface area (Å²) in [6.45, 7) is 6.77. The number of pyridine rings is 1. The van der Waals surface area contributed by atoms with E-state index in [0.717, 1.165) is 24.1 Å². The lowest BCUT2D eigenvalue weighted by Gasteiger charge is -2.11. The second-order valence-corrected chi connectivity index (χ2v) is 5.73. The van der Waals surface area contributed by atoms with E-state index < -0.39 is 0 Å². The van der Waals surface area contributed by atoms with Gasteiger partial charge in [-0.1, -0.05) is 26.0 Å². The molecule has 116 valence electrons. The van der Waals surface area contributed by atoms with Crippen molar-refractivity contribution in [2.75, 3.05) is 5.32 Å². The molecule has 3 nitrogen and oxygen atoms in total. The number of aromatic nitrogens is 1. The van der Waals surface area contributed by atoms with Crippen molar-refractivity contribution < 1.29 is 9.36 Å². The van der Waals surface area contributed by atoms with Crippen LogP contribution in [0.3, 0.4) is 0 Å². The van der Waals surface area contributed by atoms with Crippen LogP contribution in [0.1, 0.15) is 43.7 Å². The van der Waals surface area contributed by atoms with Gasteiger partial charge in [0.05, 0.1) is 0 Å². The number of rotatable bonds is 6. The second kappa shape index (κ2) is 7.74. The Labute approximate surface area is 133 Å². The number of hydrogen-bond acceptors (Lipinski definition) is 1. The van der Waals surface area contributed by atoms with Crippen molar-refractivity contribution in [1.82, 2.24) is 0 Å². The number of hydrogen-bond donors (Lipinski definition) is 1. The molecule has 0 atom stereocenters. The van der Waals surface area contributed by atoms with Crippen LogP contribution < -0.4 is 9.88 Å². The van der Waals surface area contributed by atoms with Crippen LogP contribution in [0.2, 0.25) is 0 Å². The van der Waals surface area contributed by atoms with Crippen LogP contribution >= 0.6 is 0 Å². The number of anilines is 1. The van der Waals surface area contributed by atoms with Crippen molar-refractivity contribution in [2.45, 2.75) is 46.1 Å². The van der Waals surface area contributed by atoms with Gasteiger partial charge >= 0.3 is 0 Å². The highest BCUT2D eigenvalue weighted by atomic mass is 16.1. The molecule has 0 fully saturated rings. The smallest absolute Gasteiger partial charge is 0.290 e. The Morgan fingerprint density at radius 2 is 1.82 bits per heavy atom. The van der Waals surface area contributed by atoms with E-state index in [2.05, 4.69) is 31.3 Å². The summed E-state index contributed by atoms with van der Waals surface area (Å²) in [4.78, 5) is 12.1. The van der Waals surface area contributed by atoms with Crippen molar-refractivity contribution in [1.29, 1.82) is 0 Å². The Balaban J connectivity index is 1.97. The molecule has 2 aromatic rings. The highest BCUT2D eigenvalue weighted by Crippen LogP contribution is 2.21. The molecule has 0 saturated carbocycles. The van der Waals surface area contributed by atoms with Gasteiger partial charge in [-0.15, -0.1) is 0 Å². The standard InChI is InChI=1S/C19H24N2O/c1-4-16(5-2)17-9-11-21(12-10-17)14-19(22)20-18-8-6-7-15(3)13-18/h6-13,16H,4-5,14H2,1-3H3/p+1. The lowest BCUT2D eigenvalue weighted by Crippen LogP contribution is -2.39. The largest absolute Gasteiger partial charge is 0.321 e. The van der Waals surface area contributed by atoms with Gasteiger partial charge in [-0.3, -0.25) is 4.79 Å². The molecule has 0 radical (unpaired) electrons. The van der Waals surface area contributed by atoms with Crippen LogP contribution in [-0.4, -0.2) is 5.91 Å². The fourth-order valence-electron chi connectivity index (χ4n) is 2.70. The Bertz CT molecular complexity index is 616. The first-order valence-electron chi connectivity index (χ1n) is 7.98. The Hall–Kier alpha value is -2.16. The van der Waals surface area contributed by atoms with E-state index >= 15 is 0 Å². The van der Waals surface area contributed by atoms with E-state index in [-0.39, 0.29) is 5.91 Å². The Morgan fingerprint density at radius 1 is 1.14 bits per heavy atom. The number of amides is 1. The highest BCUT2D eigenvalue weighted by Gasteiger charge is 2.12. The van der Waals surface area contributed by atoms with Gasteiger partial charge in [0.1, 0.15) is 0 Å². The van der Waals surface area contributed by atoms with E-state index in [4.69, 9.17) is 0 Å². The quantitative estimate of drug-likeness (QED) is 0.808. The van der Waals surface area contributed by atoms with E-state index in [0.29, 0.717) is 12.5 Å². The zero-order chi connectivity index (χ0) is 15.9. The monoisotopic (exact) mass is 297 g/mol. The van der Waals surface area contributed by atoms with Gasteiger partial charge in [0.25, 0.3) is 5.91 Å². The summed E-state index contributed by atoms with van der Waals surface area (Å²) in [7, 11) is 0. The second-order valence-electron chi connectivity index (χ2n) is 5.73. The van der Waals surface area contributed by atoms with E-state index in [9.17, 15) is 4.79 Å². The minimum absolute atomic E-state index is 0.00844. The maximum atomic E-state index is 12.1.